The van der Waals surface area contributed by atoms with Gasteiger partial charge in [-0.15, -0.1) is 0 Å². The van der Waals surface area contributed by atoms with Crippen LogP contribution in [0.2, 0.25) is 0 Å². The predicted molar refractivity (Wildman–Crippen MR) is 54.2 cm³/mol. The van der Waals surface area contributed by atoms with Crippen LogP contribution < -0.4 is 10.1 Å². The first-order valence-corrected chi connectivity index (χ1v) is 4.79. The zero-order valence-corrected chi connectivity index (χ0v) is 8.43. The van der Waals surface area contributed by atoms with Gasteiger partial charge in [-0.25, -0.2) is 4.39 Å². The minimum atomic E-state index is -0.237. The molecule has 3 heteroatoms. The molecule has 0 radical (unpaired) electrons. The number of anilines is 1. The number of hydrogen-bond donors (Lipinski definition) is 1. The topological polar surface area (TPSA) is 21.3 Å². The number of nitrogens with one attached hydrogen (secondary N) is 1. The zero-order chi connectivity index (χ0) is 10.2. The smallest absolute Gasteiger partial charge is 0.143 e. The Morgan fingerprint density at radius 1 is 1.43 bits per heavy atom. The lowest BCUT2D eigenvalue weighted by atomic mass is 10.1. The molecule has 0 bridgehead atoms. The minimum Gasteiger partial charge on any atom is -0.486 e. The van der Waals surface area contributed by atoms with Gasteiger partial charge < -0.3 is 10.1 Å². The van der Waals surface area contributed by atoms with Crippen molar-refractivity contribution in [1.29, 1.82) is 0 Å². The Balaban J connectivity index is 2.37. The van der Waals surface area contributed by atoms with Crippen molar-refractivity contribution in [3.8, 4) is 5.75 Å². The van der Waals surface area contributed by atoms with E-state index in [1.165, 1.54) is 12.1 Å². The second-order valence-corrected chi connectivity index (χ2v) is 4.18. The third-order valence-electron chi connectivity index (χ3n) is 2.37. The van der Waals surface area contributed by atoms with E-state index < -0.39 is 0 Å². The average molecular weight is 195 g/mol. The summed E-state index contributed by atoms with van der Waals surface area (Å²) in [6, 6.07) is 4.56. The van der Waals surface area contributed by atoms with Gasteiger partial charge in [0.25, 0.3) is 0 Å². The van der Waals surface area contributed by atoms with E-state index in [2.05, 4.69) is 5.32 Å². The predicted octanol–water partition coefficient (Wildman–Crippen LogP) is 2.80. The Kier molecular flexibility index (Phi) is 2.10. The van der Waals surface area contributed by atoms with Gasteiger partial charge in [0.2, 0.25) is 0 Å². The van der Waals surface area contributed by atoms with Crippen LogP contribution in [-0.4, -0.2) is 12.1 Å². The molecule has 2 rings (SSSR count). The fourth-order valence-electron chi connectivity index (χ4n) is 1.58. The Hall–Kier alpha value is -1.25. The van der Waals surface area contributed by atoms with Crippen molar-refractivity contribution in [3.63, 3.8) is 0 Å². The van der Waals surface area contributed by atoms with E-state index in [9.17, 15) is 4.39 Å². The first kappa shape index (κ1) is 9.31. The molecule has 0 fully saturated rings. The van der Waals surface area contributed by atoms with Crippen molar-refractivity contribution in [1.82, 2.24) is 0 Å². The quantitative estimate of drug-likeness (QED) is 0.687. The van der Waals surface area contributed by atoms with E-state index in [1.807, 2.05) is 13.8 Å². The summed E-state index contributed by atoms with van der Waals surface area (Å²) in [6.45, 7) is 4.88. The van der Waals surface area contributed by atoms with Gasteiger partial charge in [-0.1, -0.05) is 0 Å². The molecule has 0 unspecified atom stereocenters. The molecule has 14 heavy (non-hydrogen) atoms. The molecular formula is C11H14FNO. The summed E-state index contributed by atoms with van der Waals surface area (Å²) in [4.78, 5) is 0. The lowest BCUT2D eigenvalue weighted by Crippen LogP contribution is -2.28. The molecule has 1 aromatic rings. The summed E-state index contributed by atoms with van der Waals surface area (Å²) < 4.78 is 18.7. The molecule has 0 atom stereocenters. The number of hydrogen-bond acceptors (Lipinski definition) is 2. The van der Waals surface area contributed by atoms with Crippen molar-refractivity contribution < 1.29 is 9.13 Å². The maximum atomic E-state index is 12.9. The lowest BCUT2D eigenvalue weighted by Gasteiger charge is -2.23. The van der Waals surface area contributed by atoms with E-state index in [0.717, 1.165) is 24.4 Å². The Bertz CT molecular complexity index is 349. The molecule has 0 spiro atoms. The summed E-state index contributed by atoms with van der Waals surface area (Å²) in [5, 5.41) is 3.16. The molecule has 0 saturated carbocycles. The second-order valence-electron chi connectivity index (χ2n) is 4.18. The molecule has 1 aromatic carbocycles. The van der Waals surface area contributed by atoms with Crippen molar-refractivity contribution in [2.45, 2.75) is 25.9 Å². The molecule has 1 heterocycles. The lowest BCUT2D eigenvalue weighted by molar-refractivity contribution is 0.108. The summed E-state index contributed by atoms with van der Waals surface area (Å²) in [7, 11) is 0. The molecule has 1 aliphatic heterocycles. The van der Waals surface area contributed by atoms with Gasteiger partial charge in [0.1, 0.15) is 17.2 Å². The van der Waals surface area contributed by atoms with E-state index in [-0.39, 0.29) is 11.4 Å². The van der Waals surface area contributed by atoms with Crippen LogP contribution in [0.25, 0.3) is 0 Å². The number of ether oxygens (including phenoxy) is 1. The molecule has 0 amide bonds. The Labute approximate surface area is 83.1 Å². The van der Waals surface area contributed by atoms with Crippen LogP contribution in [0.15, 0.2) is 18.2 Å². The van der Waals surface area contributed by atoms with Gasteiger partial charge in [0.15, 0.2) is 0 Å². The van der Waals surface area contributed by atoms with E-state index >= 15 is 0 Å². The van der Waals surface area contributed by atoms with Crippen LogP contribution in [0.4, 0.5) is 10.1 Å². The Morgan fingerprint density at radius 2 is 2.21 bits per heavy atom. The maximum absolute atomic E-state index is 12.9. The second kappa shape index (κ2) is 3.15. The average Bonchev–Trinajstić information content (AvgIpc) is 2.22. The fraction of sp³-hybridized carbons (Fsp3) is 0.455. The Morgan fingerprint density at radius 3 is 3.00 bits per heavy atom. The molecule has 1 aliphatic rings. The summed E-state index contributed by atoms with van der Waals surface area (Å²) in [5.74, 6) is 0.494. The van der Waals surface area contributed by atoms with Gasteiger partial charge in [-0.05, 0) is 26.0 Å². The van der Waals surface area contributed by atoms with Crippen molar-refractivity contribution in [2.75, 3.05) is 11.9 Å². The normalized spacial score (nSPS) is 18.8. The number of halogens is 1. The highest BCUT2D eigenvalue weighted by Gasteiger charge is 2.24. The summed E-state index contributed by atoms with van der Waals surface area (Å²) in [6.07, 6.45) is 0.906. The minimum absolute atomic E-state index is 0.184. The monoisotopic (exact) mass is 195 g/mol. The number of fused-ring (bicyclic) bond motifs is 1. The van der Waals surface area contributed by atoms with E-state index in [0.29, 0.717) is 0 Å². The maximum Gasteiger partial charge on any atom is 0.143 e. The highest BCUT2D eigenvalue weighted by Crippen LogP contribution is 2.32. The van der Waals surface area contributed by atoms with Gasteiger partial charge in [0.05, 0.1) is 5.69 Å². The standard InChI is InChI=1S/C11H14FNO/c1-11(2)5-6-13-9-7-8(12)3-4-10(9)14-11/h3-4,7,13H,5-6H2,1-2H3. The SMILES string of the molecule is CC1(C)CCNc2cc(F)ccc2O1. The number of benzene rings is 1. The van der Waals surface area contributed by atoms with Crippen molar-refractivity contribution in [2.24, 2.45) is 0 Å². The van der Waals surface area contributed by atoms with E-state index in [4.69, 9.17) is 4.74 Å². The van der Waals surface area contributed by atoms with Crippen LogP contribution in [0.3, 0.4) is 0 Å². The molecule has 2 nitrogen and oxygen atoms in total. The third-order valence-corrected chi connectivity index (χ3v) is 2.37. The molecular weight excluding hydrogens is 181 g/mol. The molecule has 0 aromatic heterocycles. The van der Waals surface area contributed by atoms with Crippen molar-refractivity contribution >= 4 is 5.69 Å². The van der Waals surface area contributed by atoms with Crippen LogP contribution in [0.5, 0.6) is 5.75 Å². The van der Waals surface area contributed by atoms with Crippen LogP contribution in [0, 0.1) is 5.82 Å². The molecule has 1 N–H and O–H groups in total. The molecule has 0 aliphatic carbocycles. The van der Waals surface area contributed by atoms with Crippen LogP contribution >= 0.6 is 0 Å². The van der Waals surface area contributed by atoms with Gasteiger partial charge >= 0.3 is 0 Å². The fourth-order valence-corrected chi connectivity index (χ4v) is 1.58. The third kappa shape index (κ3) is 1.81. The molecule has 76 valence electrons. The van der Waals surface area contributed by atoms with Crippen LogP contribution in [0.1, 0.15) is 20.3 Å². The first-order chi connectivity index (χ1) is 6.57. The van der Waals surface area contributed by atoms with Gasteiger partial charge in [-0.3, -0.25) is 0 Å². The van der Waals surface area contributed by atoms with E-state index in [1.54, 1.807) is 6.07 Å². The van der Waals surface area contributed by atoms with Gasteiger partial charge in [0, 0.05) is 19.0 Å². The largest absolute Gasteiger partial charge is 0.486 e. The van der Waals surface area contributed by atoms with Gasteiger partial charge in [-0.2, -0.15) is 0 Å². The summed E-state index contributed by atoms with van der Waals surface area (Å²) >= 11 is 0. The number of rotatable bonds is 0. The summed E-state index contributed by atoms with van der Waals surface area (Å²) in [5.41, 5.74) is 0.561. The highest BCUT2D eigenvalue weighted by molar-refractivity contribution is 5.57. The first-order valence-electron chi connectivity index (χ1n) is 4.79. The van der Waals surface area contributed by atoms with Crippen LogP contribution in [-0.2, 0) is 0 Å². The highest BCUT2D eigenvalue weighted by atomic mass is 19.1. The van der Waals surface area contributed by atoms with Crippen molar-refractivity contribution in [3.05, 3.63) is 24.0 Å². The zero-order valence-electron chi connectivity index (χ0n) is 8.43. The molecule has 0 saturated heterocycles.